The molecule has 0 bridgehead atoms. The maximum atomic E-state index is 13.3. The lowest BCUT2D eigenvalue weighted by atomic mass is 10.2. The number of hydrogen-bond donors (Lipinski definition) is 0. The second-order valence-corrected chi connectivity index (χ2v) is 6.36. The van der Waals surface area contributed by atoms with Crippen molar-refractivity contribution in [3.8, 4) is 11.4 Å². The molecule has 0 radical (unpaired) electrons. The minimum absolute atomic E-state index is 0.123. The molecular weight excluding hydrogens is 348 g/mol. The van der Waals surface area contributed by atoms with E-state index < -0.39 is 0 Å². The molecule has 0 aliphatic heterocycles. The molecule has 0 aliphatic carbocycles. The van der Waals surface area contributed by atoms with Gasteiger partial charge in [0.25, 0.3) is 5.91 Å². The molecule has 5 nitrogen and oxygen atoms in total. The first kappa shape index (κ1) is 19.5. The van der Waals surface area contributed by atoms with Crippen molar-refractivity contribution in [2.45, 2.75) is 20.8 Å². The maximum absolute atomic E-state index is 13.3. The van der Waals surface area contributed by atoms with Crippen LogP contribution in [0.5, 0.6) is 0 Å². The number of amides is 1. The smallest absolute Gasteiger partial charge is 0.277 e. The number of carbonyl (C=O) groups is 1. The Labute approximate surface area is 166 Å². The highest BCUT2D eigenvalue weighted by molar-refractivity contribution is 6.05. The molecule has 28 heavy (non-hydrogen) atoms. The summed E-state index contributed by atoms with van der Waals surface area (Å²) in [6.45, 7) is 8.32. The Bertz CT molecular complexity index is 908. The SMILES string of the molecule is CCN(CC)c1cc(C(=O)N(CC)c2ccccc2)nc(-c2ccccc2)n1. The van der Waals surface area contributed by atoms with Crippen LogP contribution in [0, 0.1) is 0 Å². The molecule has 0 saturated carbocycles. The second kappa shape index (κ2) is 9.13. The number of hydrogen-bond acceptors (Lipinski definition) is 4. The van der Waals surface area contributed by atoms with Gasteiger partial charge in [-0.1, -0.05) is 48.5 Å². The number of nitrogens with zero attached hydrogens (tertiary/aromatic N) is 4. The lowest BCUT2D eigenvalue weighted by Crippen LogP contribution is -2.32. The van der Waals surface area contributed by atoms with Crippen LogP contribution < -0.4 is 9.80 Å². The first-order chi connectivity index (χ1) is 13.7. The van der Waals surface area contributed by atoms with Crippen LogP contribution in [0.15, 0.2) is 66.7 Å². The third-order valence-corrected chi connectivity index (χ3v) is 4.68. The molecule has 2 aromatic carbocycles. The van der Waals surface area contributed by atoms with Crippen molar-refractivity contribution in [1.29, 1.82) is 0 Å². The van der Waals surface area contributed by atoms with E-state index in [-0.39, 0.29) is 5.91 Å². The molecule has 5 heteroatoms. The first-order valence-electron chi connectivity index (χ1n) is 9.74. The van der Waals surface area contributed by atoms with Crippen molar-refractivity contribution < 1.29 is 4.79 Å². The van der Waals surface area contributed by atoms with Crippen LogP contribution in [0.25, 0.3) is 11.4 Å². The topological polar surface area (TPSA) is 49.3 Å². The molecule has 0 unspecified atom stereocenters. The first-order valence-corrected chi connectivity index (χ1v) is 9.74. The average Bonchev–Trinajstić information content (AvgIpc) is 2.76. The molecule has 0 atom stereocenters. The monoisotopic (exact) mass is 374 g/mol. The minimum atomic E-state index is -0.123. The molecule has 0 fully saturated rings. The van der Waals surface area contributed by atoms with E-state index >= 15 is 0 Å². The number of aromatic nitrogens is 2. The van der Waals surface area contributed by atoms with E-state index in [0.29, 0.717) is 18.1 Å². The molecule has 0 N–H and O–H groups in total. The predicted octanol–water partition coefficient (Wildman–Crippen LogP) is 4.66. The summed E-state index contributed by atoms with van der Waals surface area (Å²) in [5.74, 6) is 1.21. The summed E-state index contributed by atoms with van der Waals surface area (Å²) in [5.41, 5.74) is 2.16. The van der Waals surface area contributed by atoms with Crippen molar-refractivity contribution in [3.05, 3.63) is 72.4 Å². The number of carbonyl (C=O) groups excluding carboxylic acids is 1. The van der Waals surface area contributed by atoms with Gasteiger partial charge in [0, 0.05) is 37.0 Å². The number of benzene rings is 2. The van der Waals surface area contributed by atoms with Gasteiger partial charge in [-0.3, -0.25) is 4.79 Å². The van der Waals surface area contributed by atoms with Crippen molar-refractivity contribution in [2.24, 2.45) is 0 Å². The Morgan fingerprint density at radius 3 is 2.00 bits per heavy atom. The van der Waals surface area contributed by atoms with E-state index in [1.165, 1.54) is 0 Å². The summed E-state index contributed by atoms with van der Waals surface area (Å²) in [7, 11) is 0. The normalized spacial score (nSPS) is 10.5. The van der Waals surface area contributed by atoms with E-state index in [1.54, 1.807) is 11.0 Å². The van der Waals surface area contributed by atoms with Gasteiger partial charge in [0.05, 0.1) is 0 Å². The molecule has 0 aliphatic rings. The molecule has 0 saturated heterocycles. The number of rotatable bonds is 7. The van der Waals surface area contributed by atoms with Gasteiger partial charge in [-0.25, -0.2) is 9.97 Å². The van der Waals surface area contributed by atoms with Crippen LogP contribution >= 0.6 is 0 Å². The molecule has 3 aromatic rings. The van der Waals surface area contributed by atoms with Crippen LogP contribution in [0.4, 0.5) is 11.5 Å². The van der Waals surface area contributed by atoms with Gasteiger partial charge < -0.3 is 9.80 Å². The largest absolute Gasteiger partial charge is 0.357 e. The fourth-order valence-electron chi connectivity index (χ4n) is 3.16. The lowest BCUT2D eigenvalue weighted by molar-refractivity contribution is 0.0983. The fourth-order valence-corrected chi connectivity index (χ4v) is 3.16. The number of anilines is 2. The van der Waals surface area contributed by atoms with Gasteiger partial charge in [-0.2, -0.15) is 0 Å². The predicted molar refractivity (Wildman–Crippen MR) is 115 cm³/mol. The van der Waals surface area contributed by atoms with Gasteiger partial charge in [-0.05, 0) is 32.9 Å². The highest BCUT2D eigenvalue weighted by Gasteiger charge is 2.21. The average molecular weight is 374 g/mol. The Balaban J connectivity index is 2.08. The summed E-state index contributed by atoms with van der Waals surface area (Å²) in [4.78, 5) is 26.5. The third kappa shape index (κ3) is 4.19. The van der Waals surface area contributed by atoms with Crippen molar-refractivity contribution in [2.75, 3.05) is 29.4 Å². The van der Waals surface area contributed by atoms with Crippen LogP contribution in [-0.2, 0) is 0 Å². The van der Waals surface area contributed by atoms with E-state index in [4.69, 9.17) is 4.98 Å². The van der Waals surface area contributed by atoms with Gasteiger partial charge >= 0.3 is 0 Å². The van der Waals surface area contributed by atoms with Crippen molar-refractivity contribution in [3.63, 3.8) is 0 Å². The maximum Gasteiger partial charge on any atom is 0.277 e. The van der Waals surface area contributed by atoms with Crippen LogP contribution in [0.1, 0.15) is 31.3 Å². The Hall–Kier alpha value is -3.21. The van der Waals surface area contributed by atoms with Crippen LogP contribution in [-0.4, -0.2) is 35.5 Å². The lowest BCUT2D eigenvalue weighted by Gasteiger charge is -2.23. The standard InChI is InChI=1S/C23H26N4O/c1-4-26(5-2)21-17-20(24-22(25-21)18-13-9-7-10-14-18)23(28)27(6-3)19-15-11-8-12-16-19/h7-17H,4-6H2,1-3H3. The quantitative estimate of drug-likeness (QED) is 0.604. The molecule has 3 rings (SSSR count). The Morgan fingerprint density at radius 2 is 1.43 bits per heavy atom. The highest BCUT2D eigenvalue weighted by Crippen LogP contribution is 2.23. The zero-order valence-electron chi connectivity index (χ0n) is 16.7. The summed E-state index contributed by atoms with van der Waals surface area (Å²) in [6, 6.07) is 21.3. The molecule has 144 valence electrons. The summed E-state index contributed by atoms with van der Waals surface area (Å²) in [5, 5.41) is 0. The van der Waals surface area contributed by atoms with Gasteiger partial charge in [-0.15, -0.1) is 0 Å². The van der Waals surface area contributed by atoms with E-state index in [2.05, 4.69) is 23.7 Å². The molecule has 1 aromatic heterocycles. The van der Waals surface area contributed by atoms with Gasteiger partial charge in [0.2, 0.25) is 0 Å². The number of para-hydroxylation sites is 1. The Morgan fingerprint density at radius 1 is 0.821 bits per heavy atom. The van der Waals surface area contributed by atoms with Crippen molar-refractivity contribution in [1.82, 2.24) is 9.97 Å². The zero-order valence-corrected chi connectivity index (χ0v) is 16.7. The van der Waals surface area contributed by atoms with Gasteiger partial charge in [0.1, 0.15) is 11.5 Å². The van der Waals surface area contributed by atoms with Crippen LogP contribution in [0.3, 0.4) is 0 Å². The third-order valence-electron chi connectivity index (χ3n) is 4.68. The van der Waals surface area contributed by atoms with E-state index in [0.717, 1.165) is 30.2 Å². The van der Waals surface area contributed by atoms with Crippen molar-refractivity contribution >= 4 is 17.4 Å². The van der Waals surface area contributed by atoms with E-state index in [9.17, 15) is 4.79 Å². The Kier molecular flexibility index (Phi) is 6.37. The molecule has 0 spiro atoms. The summed E-state index contributed by atoms with van der Waals surface area (Å²) in [6.07, 6.45) is 0. The van der Waals surface area contributed by atoms with E-state index in [1.807, 2.05) is 67.6 Å². The molecule has 1 heterocycles. The zero-order chi connectivity index (χ0) is 19.9. The summed E-state index contributed by atoms with van der Waals surface area (Å²) < 4.78 is 0. The highest BCUT2D eigenvalue weighted by atomic mass is 16.2. The van der Waals surface area contributed by atoms with Crippen LogP contribution in [0.2, 0.25) is 0 Å². The van der Waals surface area contributed by atoms with Gasteiger partial charge in [0.15, 0.2) is 5.82 Å². The minimum Gasteiger partial charge on any atom is -0.357 e. The summed E-state index contributed by atoms with van der Waals surface area (Å²) >= 11 is 0. The molecule has 1 amide bonds. The molecular formula is C23H26N4O. The fraction of sp³-hybridized carbons (Fsp3) is 0.261. The second-order valence-electron chi connectivity index (χ2n) is 6.36.